The predicted octanol–water partition coefficient (Wildman–Crippen LogP) is 4.55. The molecule has 1 heterocycles. The molecule has 2 nitrogen and oxygen atoms in total. The van der Waals surface area contributed by atoms with Crippen LogP contribution < -0.4 is 10.1 Å². The van der Waals surface area contributed by atoms with E-state index in [1.54, 1.807) is 0 Å². The molecule has 2 aliphatic rings. The van der Waals surface area contributed by atoms with E-state index < -0.39 is 0 Å². The first-order valence-corrected chi connectivity index (χ1v) is 9.43. The van der Waals surface area contributed by atoms with Crippen molar-refractivity contribution in [3.05, 3.63) is 29.8 Å². The number of ether oxygens (including phenoxy) is 1. The van der Waals surface area contributed by atoms with Gasteiger partial charge in [-0.2, -0.15) is 11.8 Å². The van der Waals surface area contributed by atoms with E-state index in [2.05, 4.69) is 49.7 Å². The summed E-state index contributed by atoms with van der Waals surface area (Å²) in [6.07, 6.45) is 8.62. The maximum absolute atomic E-state index is 6.13. The number of fused-ring (bicyclic) bond motifs is 1. The third-order valence-corrected chi connectivity index (χ3v) is 5.96. The van der Waals surface area contributed by atoms with Crippen molar-refractivity contribution in [3.8, 4) is 5.75 Å². The summed E-state index contributed by atoms with van der Waals surface area (Å²) in [6.45, 7) is 4.39. The summed E-state index contributed by atoms with van der Waals surface area (Å²) in [5.74, 6) is 1.06. The van der Waals surface area contributed by atoms with Gasteiger partial charge < -0.3 is 10.1 Å². The van der Waals surface area contributed by atoms with Crippen LogP contribution in [0.1, 0.15) is 57.6 Å². The molecule has 21 heavy (non-hydrogen) atoms. The van der Waals surface area contributed by atoms with Gasteiger partial charge in [0.1, 0.15) is 11.4 Å². The van der Waals surface area contributed by atoms with Crippen molar-refractivity contribution in [2.75, 3.05) is 6.26 Å². The van der Waals surface area contributed by atoms with Crippen LogP contribution in [0.3, 0.4) is 0 Å². The second-order valence-corrected chi connectivity index (χ2v) is 8.17. The van der Waals surface area contributed by atoms with E-state index in [9.17, 15) is 0 Å². The normalized spacial score (nSPS) is 31.3. The Labute approximate surface area is 133 Å². The van der Waals surface area contributed by atoms with Gasteiger partial charge in [-0.1, -0.05) is 18.2 Å². The number of thioether (sulfide) groups is 1. The molecule has 1 fully saturated rings. The van der Waals surface area contributed by atoms with E-state index in [1.165, 1.54) is 31.2 Å². The van der Waals surface area contributed by atoms with Gasteiger partial charge >= 0.3 is 0 Å². The lowest BCUT2D eigenvalue weighted by molar-refractivity contribution is 0.0624. The third-order valence-electron chi connectivity index (χ3n) is 4.82. The molecule has 0 bridgehead atoms. The molecule has 0 aromatic heterocycles. The Balaban J connectivity index is 1.70. The summed E-state index contributed by atoms with van der Waals surface area (Å²) in [5.41, 5.74) is 1.26. The Hall–Kier alpha value is -0.670. The fraction of sp³-hybridized carbons (Fsp3) is 0.667. The van der Waals surface area contributed by atoms with Crippen LogP contribution >= 0.6 is 11.8 Å². The molecule has 1 aromatic rings. The molecule has 0 radical (unpaired) electrons. The van der Waals surface area contributed by atoms with Crippen molar-refractivity contribution in [1.29, 1.82) is 0 Å². The van der Waals surface area contributed by atoms with E-state index in [0.717, 1.165) is 17.4 Å². The standard InChI is InChI=1S/C18H27NOS/c1-18(2)12-16(15-6-4-5-7-17(15)20-18)19-13-8-10-14(21-3)11-9-13/h4-7,13-14,16,19H,8-12H2,1-3H3. The average molecular weight is 305 g/mol. The van der Waals surface area contributed by atoms with Crippen molar-refractivity contribution in [2.45, 2.75) is 68.9 Å². The fourth-order valence-corrected chi connectivity index (χ4v) is 4.44. The highest BCUT2D eigenvalue weighted by Crippen LogP contribution is 2.40. The smallest absolute Gasteiger partial charge is 0.124 e. The Morgan fingerprint density at radius 2 is 1.86 bits per heavy atom. The van der Waals surface area contributed by atoms with Crippen LogP contribution in [0.2, 0.25) is 0 Å². The quantitative estimate of drug-likeness (QED) is 0.885. The van der Waals surface area contributed by atoms with Crippen molar-refractivity contribution in [3.63, 3.8) is 0 Å². The zero-order valence-electron chi connectivity index (χ0n) is 13.4. The summed E-state index contributed by atoms with van der Waals surface area (Å²) >= 11 is 2.03. The molecule has 1 saturated carbocycles. The molecule has 1 aliphatic heterocycles. The van der Waals surface area contributed by atoms with Crippen LogP contribution in [-0.2, 0) is 0 Å². The fourth-order valence-electron chi connectivity index (χ4n) is 3.70. The van der Waals surface area contributed by atoms with Crippen LogP contribution in [0, 0.1) is 0 Å². The maximum Gasteiger partial charge on any atom is 0.124 e. The SMILES string of the molecule is CSC1CCC(NC2CC(C)(C)Oc3ccccc32)CC1. The predicted molar refractivity (Wildman–Crippen MR) is 91.2 cm³/mol. The molecule has 1 atom stereocenters. The highest BCUT2D eigenvalue weighted by Gasteiger charge is 2.35. The minimum absolute atomic E-state index is 0.0809. The van der Waals surface area contributed by atoms with Gasteiger partial charge in [0.25, 0.3) is 0 Å². The monoisotopic (exact) mass is 305 g/mol. The van der Waals surface area contributed by atoms with Gasteiger partial charge in [-0.3, -0.25) is 0 Å². The molecular weight excluding hydrogens is 278 g/mol. The summed E-state index contributed by atoms with van der Waals surface area (Å²) in [4.78, 5) is 0. The van der Waals surface area contributed by atoms with Crippen LogP contribution in [-0.4, -0.2) is 23.1 Å². The number of hydrogen-bond donors (Lipinski definition) is 1. The Bertz CT molecular complexity index is 480. The molecule has 1 aliphatic carbocycles. The van der Waals surface area contributed by atoms with Crippen molar-refractivity contribution in [2.24, 2.45) is 0 Å². The lowest BCUT2D eigenvalue weighted by atomic mass is 9.87. The topological polar surface area (TPSA) is 21.3 Å². The Morgan fingerprint density at radius 3 is 2.57 bits per heavy atom. The highest BCUT2D eigenvalue weighted by atomic mass is 32.2. The van der Waals surface area contributed by atoms with Crippen molar-refractivity contribution in [1.82, 2.24) is 5.32 Å². The molecule has 0 saturated heterocycles. The van der Waals surface area contributed by atoms with Gasteiger partial charge in [0.05, 0.1) is 0 Å². The second-order valence-electron chi connectivity index (χ2n) is 7.03. The minimum atomic E-state index is -0.0809. The lowest BCUT2D eigenvalue weighted by Crippen LogP contribution is -2.43. The average Bonchev–Trinajstić information content (AvgIpc) is 2.47. The van der Waals surface area contributed by atoms with Crippen LogP contribution in [0.15, 0.2) is 24.3 Å². The van der Waals surface area contributed by atoms with Crippen LogP contribution in [0.4, 0.5) is 0 Å². The van der Waals surface area contributed by atoms with Gasteiger partial charge in [0, 0.05) is 29.3 Å². The lowest BCUT2D eigenvalue weighted by Gasteiger charge is -2.40. The molecule has 0 spiro atoms. The van der Waals surface area contributed by atoms with Crippen molar-refractivity contribution >= 4 is 11.8 Å². The number of hydrogen-bond acceptors (Lipinski definition) is 3. The van der Waals surface area contributed by atoms with Gasteiger partial charge in [-0.05, 0) is 51.9 Å². The molecular formula is C18H27NOS. The first-order chi connectivity index (χ1) is 10.1. The first-order valence-electron chi connectivity index (χ1n) is 8.14. The van der Waals surface area contributed by atoms with E-state index in [0.29, 0.717) is 12.1 Å². The summed E-state index contributed by atoms with van der Waals surface area (Å²) in [5, 5.41) is 4.80. The molecule has 0 amide bonds. The molecule has 1 unspecified atom stereocenters. The van der Waals surface area contributed by atoms with Gasteiger partial charge in [0.15, 0.2) is 0 Å². The van der Waals surface area contributed by atoms with E-state index >= 15 is 0 Å². The van der Waals surface area contributed by atoms with Gasteiger partial charge in [0.2, 0.25) is 0 Å². The molecule has 1 N–H and O–H groups in total. The number of nitrogens with one attached hydrogen (secondary N) is 1. The second kappa shape index (κ2) is 6.21. The summed E-state index contributed by atoms with van der Waals surface area (Å²) in [7, 11) is 0. The highest BCUT2D eigenvalue weighted by molar-refractivity contribution is 7.99. The molecule has 3 heteroatoms. The maximum atomic E-state index is 6.13. The minimum Gasteiger partial charge on any atom is -0.487 e. The molecule has 3 rings (SSSR count). The van der Waals surface area contributed by atoms with Crippen LogP contribution in [0.5, 0.6) is 5.75 Å². The van der Waals surface area contributed by atoms with E-state index in [-0.39, 0.29) is 5.60 Å². The third kappa shape index (κ3) is 3.57. The van der Waals surface area contributed by atoms with Crippen LogP contribution in [0.25, 0.3) is 0 Å². The summed E-state index contributed by atoms with van der Waals surface area (Å²) < 4.78 is 6.13. The van der Waals surface area contributed by atoms with Gasteiger partial charge in [-0.25, -0.2) is 0 Å². The van der Waals surface area contributed by atoms with Gasteiger partial charge in [-0.15, -0.1) is 0 Å². The number of para-hydroxylation sites is 1. The number of rotatable bonds is 3. The number of benzene rings is 1. The molecule has 116 valence electrons. The first kappa shape index (κ1) is 15.2. The largest absolute Gasteiger partial charge is 0.487 e. The zero-order valence-corrected chi connectivity index (χ0v) is 14.2. The Morgan fingerprint density at radius 1 is 1.14 bits per heavy atom. The summed E-state index contributed by atoms with van der Waals surface area (Å²) in [6, 6.07) is 9.62. The van der Waals surface area contributed by atoms with E-state index in [4.69, 9.17) is 4.74 Å². The molecule has 1 aromatic carbocycles. The van der Waals surface area contributed by atoms with E-state index in [1.807, 2.05) is 11.8 Å². The zero-order chi connectivity index (χ0) is 14.9. The Kier molecular flexibility index (Phi) is 4.51. The van der Waals surface area contributed by atoms with Crippen molar-refractivity contribution < 1.29 is 4.74 Å².